The van der Waals surface area contributed by atoms with Crippen molar-refractivity contribution in [3.8, 4) is 28.6 Å². The van der Waals surface area contributed by atoms with Crippen molar-refractivity contribution in [3.05, 3.63) is 113 Å². The number of rotatable bonds is 16. The predicted octanol–water partition coefficient (Wildman–Crippen LogP) is 6.15. The number of nitrogens with two attached hydrogens (primary N) is 1. The fourth-order valence-corrected chi connectivity index (χ4v) is 12.4. The minimum absolute atomic E-state index is 0.0605. The van der Waals surface area contributed by atoms with Gasteiger partial charge >= 0.3 is 6.09 Å². The number of carbonyl (C=O) groups is 1. The number of carboxylic acid groups (broad SMARTS) is 1. The highest BCUT2D eigenvalue weighted by Gasteiger charge is 2.47. The second kappa shape index (κ2) is 19.3. The fraction of sp³-hybridized carbons (Fsp3) is 0.391. The van der Waals surface area contributed by atoms with Gasteiger partial charge in [0, 0.05) is 31.7 Å². The Morgan fingerprint density at radius 3 is 1.89 bits per heavy atom. The highest BCUT2D eigenvalue weighted by molar-refractivity contribution is 7.92. The van der Waals surface area contributed by atoms with Crippen molar-refractivity contribution in [2.24, 2.45) is 11.1 Å². The lowest BCUT2D eigenvalue weighted by Crippen LogP contribution is -2.52. The van der Waals surface area contributed by atoms with Crippen LogP contribution in [0.15, 0.2) is 101 Å². The van der Waals surface area contributed by atoms with Crippen LogP contribution in [-0.2, 0) is 39.7 Å². The van der Waals surface area contributed by atoms with Crippen molar-refractivity contribution in [1.29, 1.82) is 0 Å². The Balaban J connectivity index is 1.47. The lowest BCUT2D eigenvalue weighted by molar-refractivity contribution is 0.0999. The Kier molecular flexibility index (Phi) is 14.0. The van der Waals surface area contributed by atoms with Crippen molar-refractivity contribution < 1.29 is 40.9 Å². The average Bonchev–Trinajstić information content (AvgIpc) is 3.94. The minimum atomic E-state index is -4.90. The van der Waals surface area contributed by atoms with Crippen LogP contribution in [0.4, 0.5) is 4.79 Å². The van der Waals surface area contributed by atoms with E-state index in [9.17, 15) is 9.90 Å². The van der Waals surface area contributed by atoms with Gasteiger partial charge in [0.2, 0.25) is 25.9 Å². The molecule has 0 saturated carbocycles. The van der Waals surface area contributed by atoms with Gasteiger partial charge in [0.05, 0.1) is 39.5 Å². The second-order valence-electron chi connectivity index (χ2n) is 17.3. The number of sulfonamides is 2. The van der Waals surface area contributed by atoms with Gasteiger partial charge in [0.1, 0.15) is 27.0 Å². The van der Waals surface area contributed by atoms with Gasteiger partial charge in [-0.2, -0.15) is 9.10 Å². The highest BCUT2D eigenvalue weighted by Crippen LogP contribution is 2.43. The van der Waals surface area contributed by atoms with E-state index < -0.39 is 53.4 Å². The van der Waals surface area contributed by atoms with Crippen molar-refractivity contribution >= 4 is 31.7 Å². The topological polar surface area (TPSA) is 221 Å². The number of tetrazole rings is 1. The van der Waals surface area contributed by atoms with Crippen LogP contribution in [-0.4, -0.2) is 103 Å². The number of nitrogens with zero attached hydrogens (tertiary/aromatic N) is 6. The zero-order chi connectivity index (χ0) is 46.7. The molecule has 7 rings (SSSR count). The third kappa shape index (κ3) is 10.5. The number of hydrogen-bond acceptors (Lipinski definition) is 12. The van der Waals surface area contributed by atoms with E-state index in [1.54, 1.807) is 73.8 Å². The van der Waals surface area contributed by atoms with Gasteiger partial charge < -0.3 is 30.0 Å². The average molecular weight is 929 g/mol. The van der Waals surface area contributed by atoms with E-state index in [1.807, 2.05) is 39.0 Å². The quantitative estimate of drug-likeness (QED) is 0.101. The third-order valence-electron chi connectivity index (χ3n) is 11.8. The van der Waals surface area contributed by atoms with Crippen LogP contribution in [0.2, 0.25) is 0 Å². The van der Waals surface area contributed by atoms with Crippen LogP contribution in [0, 0.1) is 5.41 Å². The molecule has 1 aliphatic carbocycles. The minimum Gasteiger partial charge on any atom is -0.497 e. The smallest absolute Gasteiger partial charge is 0.407 e. The van der Waals surface area contributed by atoms with Gasteiger partial charge in [0.15, 0.2) is 0 Å². The summed E-state index contributed by atoms with van der Waals surface area (Å²) in [5.41, 5.74) is 8.82. The van der Waals surface area contributed by atoms with E-state index in [1.165, 1.54) is 34.3 Å². The maximum absolute atomic E-state index is 16.1. The molecule has 0 bridgehead atoms. The van der Waals surface area contributed by atoms with Gasteiger partial charge in [0.25, 0.3) is 0 Å². The number of allylic oxidation sites excluding steroid dienone is 1. The number of aromatic nitrogens is 4. The van der Waals surface area contributed by atoms with E-state index in [4.69, 9.17) is 25.0 Å². The summed E-state index contributed by atoms with van der Waals surface area (Å²) in [7, 11) is -5.04. The predicted molar refractivity (Wildman–Crippen MR) is 244 cm³/mol. The molecule has 17 nitrogen and oxygen atoms in total. The molecule has 1 amide bonds. The SMILES string of the molecule is COc1ccc(CN(Cc2ccc(OC)cc2)S(=O)(=O)c2c(S(=O)(=O)N[C@@H]3CCN(C(=O)O)C3C(C)(C)C)ccc(C3=CC(N)CCC3)c2-c2nnn(Cc3ccc(OC)cc3)n2)cc1. The van der Waals surface area contributed by atoms with Gasteiger partial charge in [-0.1, -0.05) is 69.3 Å². The van der Waals surface area contributed by atoms with Crippen LogP contribution in [0.25, 0.3) is 17.0 Å². The molecule has 346 valence electrons. The summed E-state index contributed by atoms with van der Waals surface area (Å²) in [6.45, 7) is 5.38. The summed E-state index contributed by atoms with van der Waals surface area (Å²) < 4.78 is 82.6. The number of amides is 1. The largest absolute Gasteiger partial charge is 0.497 e. The molecular formula is C46H56N8O9S2. The molecule has 4 aromatic carbocycles. The summed E-state index contributed by atoms with van der Waals surface area (Å²) in [5.74, 6) is 1.67. The maximum Gasteiger partial charge on any atom is 0.407 e. The van der Waals surface area contributed by atoms with Gasteiger partial charge in [-0.25, -0.2) is 26.4 Å². The molecule has 0 spiro atoms. The van der Waals surface area contributed by atoms with E-state index in [2.05, 4.69) is 15.0 Å². The summed E-state index contributed by atoms with van der Waals surface area (Å²) in [6, 6.07) is 22.0. The van der Waals surface area contributed by atoms with Crippen LogP contribution in [0.5, 0.6) is 17.2 Å². The van der Waals surface area contributed by atoms with Crippen molar-refractivity contribution in [2.45, 2.75) is 94.0 Å². The first-order valence-corrected chi connectivity index (χ1v) is 24.2. The van der Waals surface area contributed by atoms with E-state index >= 15 is 16.8 Å². The normalized spacial score (nSPS) is 18.1. The molecule has 3 atom stereocenters. The van der Waals surface area contributed by atoms with Crippen LogP contribution in [0.3, 0.4) is 0 Å². The number of ether oxygens (including phenoxy) is 3. The van der Waals surface area contributed by atoms with E-state index in [-0.39, 0.29) is 50.0 Å². The molecular weight excluding hydrogens is 873 g/mol. The Morgan fingerprint density at radius 1 is 0.831 bits per heavy atom. The number of likely N-dealkylation sites (tertiary alicyclic amines) is 1. The summed E-state index contributed by atoms with van der Waals surface area (Å²) in [4.78, 5) is 13.9. The molecule has 2 unspecified atom stereocenters. The maximum atomic E-state index is 16.1. The first-order chi connectivity index (χ1) is 30.9. The summed E-state index contributed by atoms with van der Waals surface area (Å²) in [6.07, 6.45) is 2.77. The molecule has 1 aliphatic heterocycles. The molecule has 1 saturated heterocycles. The zero-order valence-corrected chi connectivity index (χ0v) is 39.0. The Bertz CT molecular complexity index is 2690. The molecule has 65 heavy (non-hydrogen) atoms. The van der Waals surface area contributed by atoms with Crippen molar-refractivity contribution in [1.82, 2.24) is 34.1 Å². The summed E-state index contributed by atoms with van der Waals surface area (Å²) >= 11 is 0. The second-order valence-corrected chi connectivity index (χ2v) is 20.9. The number of methoxy groups -OCH3 is 3. The molecule has 0 radical (unpaired) electrons. The molecule has 4 N–H and O–H groups in total. The van der Waals surface area contributed by atoms with Crippen LogP contribution < -0.4 is 24.7 Å². The van der Waals surface area contributed by atoms with Gasteiger partial charge in [-0.05, 0) is 107 Å². The number of nitrogens with one attached hydrogen (secondary N) is 1. The molecule has 2 heterocycles. The highest BCUT2D eigenvalue weighted by atomic mass is 32.2. The van der Waals surface area contributed by atoms with Gasteiger partial charge in [-0.3, -0.25) is 0 Å². The molecule has 19 heteroatoms. The Hall–Kier alpha value is -5.86. The first-order valence-electron chi connectivity index (χ1n) is 21.2. The Labute approximate surface area is 380 Å². The van der Waals surface area contributed by atoms with Gasteiger partial charge in [-0.15, -0.1) is 10.2 Å². The molecule has 5 aromatic rings. The van der Waals surface area contributed by atoms with Crippen molar-refractivity contribution in [2.75, 3.05) is 27.9 Å². The molecule has 2 aliphatic rings. The Morgan fingerprint density at radius 2 is 1.38 bits per heavy atom. The lowest BCUT2D eigenvalue weighted by Gasteiger charge is -2.37. The molecule has 1 fully saturated rings. The number of hydrogen-bond donors (Lipinski definition) is 3. The third-order valence-corrected chi connectivity index (χ3v) is 15.3. The van der Waals surface area contributed by atoms with E-state index in [0.717, 1.165) is 5.56 Å². The van der Waals surface area contributed by atoms with Crippen molar-refractivity contribution in [3.63, 3.8) is 0 Å². The standard InChI is InChI=1S/C46H56N8O9S2/c1-46(2,3)43-39(24-25-53(43)45(55)56)50-64(57,58)40-23-22-38(33-8-7-9-34(47)26-33)41(44-48-51-54(49-44)29-32-14-20-37(63-6)21-15-32)42(40)65(59,60)52(27-30-10-16-35(61-4)17-11-30)28-31-12-18-36(62-5)19-13-31/h10-23,26,34,39,43,50H,7-9,24-25,27-29,47H2,1-6H3,(H,55,56)/t34?,39-,43?/m1/s1. The number of benzene rings is 4. The van der Waals surface area contributed by atoms with E-state index in [0.29, 0.717) is 58.8 Å². The monoisotopic (exact) mass is 928 g/mol. The van der Waals surface area contributed by atoms with Crippen LogP contribution >= 0.6 is 0 Å². The molecule has 1 aromatic heterocycles. The van der Waals surface area contributed by atoms with Crippen LogP contribution in [0.1, 0.15) is 68.7 Å². The zero-order valence-electron chi connectivity index (χ0n) is 37.3. The lowest BCUT2D eigenvalue weighted by atomic mass is 9.83. The fourth-order valence-electron chi connectivity index (χ4n) is 8.69. The summed E-state index contributed by atoms with van der Waals surface area (Å²) in [5, 5.41) is 23.7. The first kappa shape index (κ1) is 47.1.